The van der Waals surface area contributed by atoms with Crippen LogP contribution in [0.5, 0.6) is 0 Å². The Morgan fingerprint density at radius 2 is 2.31 bits per heavy atom. The van der Waals surface area contributed by atoms with Crippen LogP contribution in [0, 0.1) is 0 Å². The van der Waals surface area contributed by atoms with Gasteiger partial charge in [-0.1, -0.05) is 23.1 Å². The zero-order valence-corrected chi connectivity index (χ0v) is 10.8. The molecule has 8 heteroatoms. The molecule has 0 saturated carbocycles. The second kappa shape index (κ2) is 6.66. The van der Waals surface area contributed by atoms with Crippen molar-refractivity contribution in [1.82, 2.24) is 15.5 Å². The minimum atomic E-state index is -0.111. The van der Waals surface area contributed by atoms with Crippen LogP contribution in [0.2, 0.25) is 0 Å². The number of carbonyl (C=O) groups is 1. The van der Waals surface area contributed by atoms with E-state index in [2.05, 4.69) is 15.5 Å². The van der Waals surface area contributed by atoms with Crippen LogP contribution in [0.1, 0.15) is 0 Å². The van der Waals surface area contributed by atoms with E-state index in [0.29, 0.717) is 12.3 Å². The number of carbonyl (C=O) groups excluding carboxylic acids is 1. The average Bonchev–Trinajstić information content (AvgIpc) is 2.72. The summed E-state index contributed by atoms with van der Waals surface area (Å²) in [6.45, 7) is 0.248. The second-order valence-corrected chi connectivity index (χ2v) is 5.29. The monoisotopic (exact) mass is 262 g/mol. The number of hydrogen-bond acceptors (Lipinski definition) is 7. The molecule has 90 valence electrons. The fraction of sp³-hybridized carbons (Fsp3) is 0.625. The zero-order chi connectivity index (χ0) is 12.0. The Labute approximate surface area is 102 Å². The Bertz CT molecular complexity index is 343. The second-order valence-electron chi connectivity index (χ2n) is 3.11. The molecule has 1 rings (SSSR count). The number of thioether (sulfide) groups is 1. The summed E-state index contributed by atoms with van der Waals surface area (Å²) in [4.78, 5) is 13.1. The van der Waals surface area contributed by atoms with E-state index < -0.39 is 0 Å². The number of rotatable bonds is 6. The van der Waals surface area contributed by atoms with E-state index in [1.54, 1.807) is 0 Å². The smallest absolute Gasteiger partial charge is 0.230 e. The van der Waals surface area contributed by atoms with Gasteiger partial charge >= 0.3 is 0 Å². The maximum atomic E-state index is 11.2. The zero-order valence-electron chi connectivity index (χ0n) is 9.13. The molecule has 1 heterocycles. The van der Waals surface area contributed by atoms with E-state index >= 15 is 0 Å². The number of nitrogens with zero attached hydrogens (tertiary/aromatic N) is 3. The molecule has 0 aliphatic carbocycles. The highest BCUT2D eigenvalue weighted by atomic mass is 32.2. The first kappa shape index (κ1) is 13.2. The van der Waals surface area contributed by atoms with Crippen LogP contribution in [-0.4, -0.2) is 54.2 Å². The Morgan fingerprint density at radius 3 is 2.88 bits per heavy atom. The maximum Gasteiger partial charge on any atom is 0.230 e. The van der Waals surface area contributed by atoms with Crippen molar-refractivity contribution in [2.75, 3.05) is 37.9 Å². The standard InChI is InChI=1S/C8H14N4O2S2/c1-12(2)7-10-11-8(16-7)15-5-6(14)9-3-4-13/h13H,3-5H2,1-2H3,(H,9,14). The Kier molecular flexibility index (Phi) is 5.50. The van der Waals surface area contributed by atoms with Gasteiger partial charge in [-0.25, -0.2) is 0 Å². The summed E-state index contributed by atoms with van der Waals surface area (Å²) < 4.78 is 0.767. The maximum absolute atomic E-state index is 11.2. The highest BCUT2D eigenvalue weighted by Gasteiger charge is 2.08. The van der Waals surface area contributed by atoms with Crippen molar-refractivity contribution in [1.29, 1.82) is 0 Å². The van der Waals surface area contributed by atoms with Crippen molar-refractivity contribution < 1.29 is 9.90 Å². The number of aliphatic hydroxyl groups excluding tert-OH is 1. The van der Waals surface area contributed by atoms with E-state index in [1.807, 2.05) is 19.0 Å². The number of nitrogens with one attached hydrogen (secondary N) is 1. The largest absolute Gasteiger partial charge is 0.395 e. The van der Waals surface area contributed by atoms with Crippen molar-refractivity contribution >= 4 is 34.1 Å². The molecule has 16 heavy (non-hydrogen) atoms. The molecular weight excluding hydrogens is 248 g/mol. The van der Waals surface area contributed by atoms with Crippen LogP contribution in [0.4, 0.5) is 5.13 Å². The van der Waals surface area contributed by atoms with Crippen LogP contribution < -0.4 is 10.2 Å². The molecule has 0 unspecified atom stereocenters. The van der Waals surface area contributed by atoms with E-state index in [-0.39, 0.29) is 12.5 Å². The molecule has 0 atom stereocenters. The summed E-state index contributed by atoms with van der Waals surface area (Å²) in [5.74, 6) is 0.183. The van der Waals surface area contributed by atoms with Crippen molar-refractivity contribution in [2.24, 2.45) is 0 Å². The van der Waals surface area contributed by atoms with Gasteiger partial charge in [0.25, 0.3) is 0 Å². The number of hydrogen-bond donors (Lipinski definition) is 2. The highest BCUT2D eigenvalue weighted by molar-refractivity contribution is 8.01. The molecule has 0 aromatic carbocycles. The van der Waals surface area contributed by atoms with Gasteiger partial charge in [-0.2, -0.15) is 0 Å². The van der Waals surface area contributed by atoms with Crippen molar-refractivity contribution in [2.45, 2.75) is 4.34 Å². The topological polar surface area (TPSA) is 78.4 Å². The predicted molar refractivity (Wildman–Crippen MR) is 65.1 cm³/mol. The molecule has 0 spiro atoms. The lowest BCUT2D eigenvalue weighted by molar-refractivity contribution is -0.118. The van der Waals surface area contributed by atoms with Gasteiger partial charge in [0, 0.05) is 20.6 Å². The highest BCUT2D eigenvalue weighted by Crippen LogP contribution is 2.26. The third-order valence-corrected chi connectivity index (χ3v) is 3.76. The summed E-state index contributed by atoms with van der Waals surface area (Å²) in [6.07, 6.45) is 0. The molecular formula is C8H14N4O2S2. The minimum absolute atomic E-state index is 0.0417. The van der Waals surface area contributed by atoms with E-state index in [9.17, 15) is 4.79 Å². The summed E-state index contributed by atoms with van der Waals surface area (Å²) >= 11 is 2.79. The average molecular weight is 262 g/mol. The van der Waals surface area contributed by atoms with Crippen LogP contribution in [0.3, 0.4) is 0 Å². The molecule has 0 radical (unpaired) electrons. The fourth-order valence-corrected chi connectivity index (χ4v) is 2.41. The molecule has 0 fully saturated rings. The van der Waals surface area contributed by atoms with E-state index in [0.717, 1.165) is 9.47 Å². The summed E-state index contributed by atoms with van der Waals surface area (Å²) in [5, 5.41) is 19.8. The third-order valence-electron chi connectivity index (χ3n) is 1.54. The summed E-state index contributed by atoms with van der Waals surface area (Å²) in [7, 11) is 3.78. The van der Waals surface area contributed by atoms with Crippen molar-refractivity contribution in [3.8, 4) is 0 Å². The molecule has 2 N–H and O–H groups in total. The van der Waals surface area contributed by atoms with Crippen LogP contribution in [0.15, 0.2) is 4.34 Å². The first-order valence-corrected chi connectivity index (χ1v) is 6.45. The molecule has 6 nitrogen and oxygen atoms in total. The number of aliphatic hydroxyl groups is 1. The predicted octanol–water partition coefficient (Wildman–Crippen LogP) is -0.195. The van der Waals surface area contributed by atoms with Crippen molar-refractivity contribution in [3.05, 3.63) is 0 Å². The first-order valence-electron chi connectivity index (χ1n) is 4.64. The van der Waals surface area contributed by atoms with Crippen LogP contribution in [0.25, 0.3) is 0 Å². The molecule has 1 aromatic rings. The van der Waals surface area contributed by atoms with Gasteiger partial charge in [-0.15, -0.1) is 10.2 Å². The SMILES string of the molecule is CN(C)c1nnc(SCC(=O)NCCO)s1. The van der Waals surface area contributed by atoms with Gasteiger partial charge in [0.1, 0.15) is 0 Å². The lowest BCUT2D eigenvalue weighted by atomic mass is 10.6. The Hall–Kier alpha value is -0.860. The Morgan fingerprint density at radius 1 is 1.56 bits per heavy atom. The molecule has 0 aliphatic rings. The number of amides is 1. The van der Waals surface area contributed by atoms with Crippen LogP contribution >= 0.6 is 23.1 Å². The number of aromatic nitrogens is 2. The van der Waals surface area contributed by atoms with Gasteiger partial charge in [0.05, 0.1) is 12.4 Å². The van der Waals surface area contributed by atoms with Gasteiger partial charge < -0.3 is 15.3 Å². The summed E-state index contributed by atoms with van der Waals surface area (Å²) in [6, 6.07) is 0. The van der Waals surface area contributed by atoms with Crippen molar-refractivity contribution in [3.63, 3.8) is 0 Å². The lowest BCUT2D eigenvalue weighted by Gasteiger charge is -2.03. The third kappa shape index (κ3) is 4.33. The van der Waals surface area contributed by atoms with E-state index in [4.69, 9.17) is 5.11 Å². The first-order chi connectivity index (χ1) is 7.63. The quantitative estimate of drug-likeness (QED) is 0.692. The molecule has 1 amide bonds. The molecule has 0 aliphatic heterocycles. The Balaban J connectivity index is 2.33. The normalized spacial score (nSPS) is 10.2. The molecule has 0 saturated heterocycles. The van der Waals surface area contributed by atoms with E-state index in [1.165, 1.54) is 23.1 Å². The van der Waals surface area contributed by atoms with Gasteiger partial charge in [-0.05, 0) is 0 Å². The summed E-state index contributed by atoms with van der Waals surface area (Å²) in [5.41, 5.74) is 0. The van der Waals surface area contributed by atoms with Crippen LogP contribution in [-0.2, 0) is 4.79 Å². The van der Waals surface area contributed by atoms with Gasteiger partial charge in [-0.3, -0.25) is 4.79 Å². The van der Waals surface area contributed by atoms with Gasteiger partial charge in [0.2, 0.25) is 11.0 Å². The molecule has 0 bridgehead atoms. The minimum Gasteiger partial charge on any atom is -0.395 e. The van der Waals surface area contributed by atoms with Gasteiger partial charge in [0.15, 0.2) is 4.34 Å². The molecule has 1 aromatic heterocycles. The lowest BCUT2D eigenvalue weighted by Crippen LogP contribution is -2.27. The fourth-order valence-electron chi connectivity index (χ4n) is 0.815. The number of anilines is 1.